The summed E-state index contributed by atoms with van der Waals surface area (Å²) in [6.07, 6.45) is -6.38. The van der Waals surface area contributed by atoms with Crippen molar-refractivity contribution in [3.63, 3.8) is 0 Å². The van der Waals surface area contributed by atoms with E-state index in [1.54, 1.807) is 0 Å². The summed E-state index contributed by atoms with van der Waals surface area (Å²) in [7, 11) is 0. The number of ether oxygens (including phenoxy) is 1. The van der Waals surface area contributed by atoms with Crippen LogP contribution in [-0.2, 0) is 9.53 Å². The number of carboxylic acid groups (broad SMARTS) is 1. The predicted octanol–water partition coefficient (Wildman–Crippen LogP) is -2.12. The molecule has 2 unspecified atom stereocenters. The fraction of sp³-hybridized carbons (Fsp3) is 0.917. The van der Waals surface area contributed by atoms with Gasteiger partial charge < -0.3 is 30.3 Å². The van der Waals surface area contributed by atoms with Crippen molar-refractivity contribution in [2.24, 2.45) is 5.92 Å². The lowest BCUT2D eigenvalue weighted by atomic mass is 9.97. The molecule has 0 aromatic carbocycles. The maximum Gasteiger partial charge on any atom is 0.320 e. The van der Waals surface area contributed by atoms with Crippen LogP contribution in [0.3, 0.4) is 0 Å². The van der Waals surface area contributed by atoms with Gasteiger partial charge in [0, 0.05) is 0 Å². The maximum absolute atomic E-state index is 11.2. The van der Waals surface area contributed by atoms with Crippen LogP contribution in [0.15, 0.2) is 0 Å². The molecule has 0 aliphatic carbocycles. The van der Waals surface area contributed by atoms with E-state index in [9.17, 15) is 20.1 Å². The molecule has 8 heteroatoms. The standard InChI is InChI=1S/C12H23NO7/c1-5(2)3-6(12(18)19)13-11-10(17)9(16)8(15)7(4-14)20-11/h5-11,13-17H,3-4H2,1-2H3,(H,18,19)/t6?,7-,8-,9+,10-,11?/m1/s1. The zero-order valence-corrected chi connectivity index (χ0v) is 11.5. The second kappa shape index (κ2) is 7.30. The van der Waals surface area contributed by atoms with Crippen molar-refractivity contribution in [1.29, 1.82) is 0 Å². The van der Waals surface area contributed by atoms with Crippen LogP contribution in [0.4, 0.5) is 0 Å². The van der Waals surface area contributed by atoms with E-state index < -0.39 is 49.3 Å². The van der Waals surface area contributed by atoms with Gasteiger partial charge in [-0.05, 0) is 12.3 Å². The van der Waals surface area contributed by atoms with Crippen LogP contribution < -0.4 is 5.32 Å². The number of hydrogen-bond donors (Lipinski definition) is 6. The second-order valence-corrected chi connectivity index (χ2v) is 5.44. The molecule has 0 spiro atoms. The van der Waals surface area contributed by atoms with Crippen molar-refractivity contribution in [2.45, 2.75) is 57.0 Å². The van der Waals surface area contributed by atoms with Crippen molar-refractivity contribution in [2.75, 3.05) is 6.61 Å². The first kappa shape index (κ1) is 17.3. The van der Waals surface area contributed by atoms with Crippen LogP contribution >= 0.6 is 0 Å². The van der Waals surface area contributed by atoms with Gasteiger partial charge in [-0.25, -0.2) is 0 Å². The molecular weight excluding hydrogens is 270 g/mol. The van der Waals surface area contributed by atoms with E-state index in [2.05, 4.69) is 5.32 Å². The molecule has 1 rings (SSSR count). The highest BCUT2D eigenvalue weighted by Crippen LogP contribution is 2.20. The molecule has 8 nitrogen and oxygen atoms in total. The third-order valence-electron chi connectivity index (χ3n) is 3.26. The lowest BCUT2D eigenvalue weighted by molar-refractivity contribution is -0.238. The van der Waals surface area contributed by atoms with E-state index in [0.717, 1.165) is 0 Å². The van der Waals surface area contributed by atoms with Crippen molar-refractivity contribution in [3.05, 3.63) is 0 Å². The van der Waals surface area contributed by atoms with Crippen LogP contribution in [0.1, 0.15) is 20.3 Å². The molecule has 0 amide bonds. The van der Waals surface area contributed by atoms with Gasteiger partial charge in [-0.15, -0.1) is 0 Å². The molecule has 6 N–H and O–H groups in total. The summed E-state index contributed by atoms with van der Waals surface area (Å²) < 4.78 is 5.21. The van der Waals surface area contributed by atoms with Gasteiger partial charge in [0.15, 0.2) is 0 Å². The highest BCUT2D eigenvalue weighted by atomic mass is 16.6. The molecule has 1 aliphatic heterocycles. The Balaban J connectivity index is 2.75. The Kier molecular flexibility index (Phi) is 6.31. The zero-order chi connectivity index (χ0) is 15.4. The second-order valence-electron chi connectivity index (χ2n) is 5.44. The Morgan fingerprint density at radius 1 is 1.20 bits per heavy atom. The number of hydrogen-bond acceptors (Lipinski definition) is 7. The highest BCUT2D eigenvalue weighted by molar-refractivity contribution is 5.73. The summed E-state index contributed by atoms with van der Waals surface area (Å²) in [6.45, 7) is 3.15. The summed E-state index contributed by atoms with van der Waals surface area (Å²) in [6, 6.07) is -0.962. The lowest BCUT2D eigenvalue weighted by Crippen LogP contribution is -2.64. The first-order valence-corrected chi connectivity index (χ1v) is 6.57. The van der Waals surface area contributed by atoms with Crippen LogP contribution in [-0.4, -0.2) is 74.8 Å². The van der Waals surface area contributed by atoms with Crippen molar-refractivity contribution in [3.8, 4) is 0 Å². The summed E-state index contributed by atoms with van der Waals surface area (Å²) in [5, 5.41) is 49.8. The number of aliphatic hydroxyl groups excluding tert-OH is 4. The normalized spacial score (nSPS) is 36.0. The molecule has 1 heterocycles. The minimum atomic E-state index is -1.52. The fourth-order valence-corrected chi connectivity index (χ4v) is 2.15. The maximum atomic E-state index is 11.2. The number of aliphatic hydroxyl groups is 4. The number of carbonyl (C=O) groups is 1. The first-order valence-electron chi connectivity index (χ1n) is 6.57. The van der Waals surface area contributed by atoms with Gasteiger partial charge in [-0.3, -0.25) is 10.1 Å². The molecule has 0 aromatic rings. The van der Waals surface area contributed by atoms with Gasteiger partial charge in [-0.1, -0.05) is 13.8 Å². The minimum Gasteiger partial charge on any atom is -0.480 e. The lowest BCUT2D eigenvalue weighted by Gasteiger charge is -2.41. The van der Waals surface area contributed by atoms with Crippen molar-refractivity contribution >= 4 is 5.97 Å². The zero-order valence-electron chi connectivity index (χ0n) is 11.5. The van der Waals surface area contributed by atoms with E-state index in [-0.39, 0.29) is 5.92 Å². The average molecular weight is 293 g/mol. The number of aliphatic carboxylic acids is 1. The summed E-state index contributed by atoms with van der Waals surface area (Å²) in [5.74, 6) is -0.996. The van der Waals surface area contributed by atoms with Crippen molar-refractivity contribution < 1.29 is 35.1 Å². The quantitative estimate of drug-likeness (QED) is 0.326. The predicted molar refractivity (Wildman–Crippen MR) is 67.8 cm³/mol. The molecule has 0 aromatic heterocycles. The van der Waals surface area contributed by atoms with Crippen LogP contribution in [0, 0.1) is 5.92 Å². The van der Waals surface area contributed by atoms with E-state index in [1.807, 2.05) is 13.8 Å². The molecule has 0 bridgehead atoms. The molecule has 20 heavy (non-hydrogen) atoms. The Morgan fingerprint density at radius 3 is 2.25 bits per heavy atom. The molecule has 1 fully saturated rings. The molecular formula is C12H23NO7. The van der Waals surface area contributed by atoms with Gasteiger partial charge in [0.25, 0.3) is 0 Å². The molecule has 118 valence electrons. The summed E-state index contributed by atoms with van der Waals surface area (Å²) in [4.78, 5) is 11.2. The van der Waals surface area contributed by atoms with Crippen LogP contribution in [0.5, 0.6) is 0 Å². The van der Waals surface area contributed by atoms with E-state index in [4.69, 9.17) is 14.9 Å². The molecule has 0 radical (unpaired) electrons. The molecule has 0 saturated carbocycles. The van der Waals surface area contributed by atoms with Gasteiger partial charge in [-0.2, -0.15) is 0 Å². The Labute approximate surface area is 117 Å². The Morgan fingerprint density at radius 2 is 1.80 bits per heavy atom. The highest BCUT2D eigenvalue weighted by Gasteiger charge is 2.44. The number of rotatable bonds is 6. The SMILES string of the molecule is CC(C)CC(NC1O[C@H](CO)[C@@H](O)[C@H](O)[C@H]1O)C(=O)O. The van der Waals surface area contributed by atoms with Gasteiger partial charge in [0.2, 0.25) is 0 Å². The van der Waals surface area contributed by atoms with Crippen LogP contribution in [0.2, 0.25) is 0 Å². The smallest absolute Gasteiger partial charge is 0.320 e. The fourth-order valence-electron chi connectivity index (χ4n) is 2.15. The third-order valence-corrected chi connectivity index (χ3v) is 3.26. The van der Waals surface area contributed by atoms with Crippen molar-refractivity contribution in [1.82, 2.24) is 5.32 Å². The summed E-state index contributed by atoms with van der Waals surface area (Å²) in [5.41, 5.74) is 0. The largest absolute Gasteiger partial charge is 0.480 e. The molecule has 1 aliphatic rings. The molecule has 6 atom stereocenters. The number of nitrogens with one attached hydrogen (secondary N) is 1. The monoisotopic (exact) mass is 293 g/mol. The Bertz CT molecular complexity index is 323. The minimum absolute atomic E-state index is 0.105. The van der Waals surface area contributed by atoms with E-state index in [0.29, 0.717) is 6.42 Å². The van der Waals surface area contributed by atoms with Gasteiger partial charge in [0.1, 0.15) is 36.7 Å². The van der Waals surface area contributed by atoms with Crippen LogP contribution in [0.25, 0.3) is 0 Å². The third kappa shape index (κ3) is 4.11. The van der Waals surface area contributed by atoms with Gasteiger partial charge >= 0.3 is 5.97 Å². The van der Waals surface area contributed by atoms with E-state index >= 15 is 0 Å². The summed E-state index contributed by atoms with van der Waals surface area (Å²) >= 11 is 0. The Hall–Kier alpha value is -0.770. The van der Waals surface area contributed by atoms with E-state index in [1.165, 1.54) is 0 Å². The first-order chi connectivity index (χ1) is 9.27. The molecule has 1 saturated heterocycles. The number of carboxylic acids is 1. The average Bonchev–Trinajstić information content (AvgIpc) is 2.37. The van der Waals surface area contributed by atoms with Gasteiger partial charge in [0.05, 0.1) is 6.61 Å². The topological polar surface area (TPSA) is 139 Å².